The normalized spacial score (nSPS) is 21.4. The molecule has 15 nitrogen and oxygen atoms in total. The van der Waals surface area contributed by atoms with Gasteiger partial charge >= 0.3 is 0 Å². The number of likely N-dealkylation sites (N-methyl/N-ethyl adjacent to an activating group) is 1. The van der Waals surface area contributed by atoms with Gasteiger partial charge in [-0.3, -0.25) is 33.6 Å². The third-order valence-electron chi connectivity index (χ3n) is 9.96. The third-order valence-corrected chi connectivity index (χ3v) is 11.3. The highest BCUT2D eigenvalue weighted by molar-refractivity contribution is 7.09. The molecule has 0 aliphatic carbocycles. The number of carbonyl (C=O) groups is 7. The number of amides is 5. The van der Waals surface area contributed by atoms with E-state index in [9.17, 15) is 33.6 Å². The Balaban J connectivity index is 1.33. The van der Waals surface area contributed by atoms with Gasteiger partial charge in [0.25, 0.3) is 11.8 Å². The molecule has 1 aliphatic heterocycles. The summed E-state index contributed by atoms with van der Waals surface area (Å²) in [5, 5.41) is 14.6. The molecule has 0 saturated heterocycles. The van der Waals surface area contributed by atoms with E-state index in [4.69, 9.17) is 11.6 Å². The number of hydrogen-bond donors (Lipinski definition) is 6. The highest BCUT2D eigenvalue weighted by Crippen LogP contribution is 2.28. The van der Waals surface area contributed by atoms with Gasteiger partial charge in [-0.05, 0) is 36.2 Å². The van der Waals surface area contributed by atoms with E-state index >= 15 is 0 Å². The van der Waals surface area contributed by atoms with Crippen molar-refractivity contribution in [2.24, 2.45) is 0 Å². The largest absolute Gasteiger partial charge is 0.361 e. The zero-order valence-corrected chi connectivity index (χ0v) is 33.6. The Hall–Kier alpha value is -6.13. The van der Waals surface area contributed by atoms with Gasteiger partial charge in [-0.15, -0.1) is 11.3 Å². The van der Waals surface area contributed by atoms with Gasteiger partial charge < -0.3 is 36.1 Å². The van der Waals surface area contributed by atoms with Crippen molar-refractivity contribution in [1.29, 1.82) is 0 Å². The molecule has 6 rings (SSSR count). The molecule has 0 fully saturated rings. The number of Topliss-reactive ketones (excluding diaryl/α,β-unsaturated/α-hetero) is 2. The Bertz CT molecular complexity index is 2440. The minimum absolute atomic E-state index is 0.000866. The Morgan fingerprint density at radius 1 is 0.845 bits per heavy atom. The molecule has 0 unspecified atom stereocenters. The van der Waals surface area contributed by atoms with Crippen LogP contribution in [0.4, 0.5) is 0 Å². The first kappa shape index (κ1) is 41.5. The van der Waals surface area contributed by atoms with E-state index in [0.29, 0.717) is 21.0 Å². The summed E-state index contributed by atoms with van der Waals surface area (Å²) in [4.78, 5) is 106. The molecule has 3 aromatic heterocycles. The van der Waals surface area contributed by atoms with Crippen LogP contribution in [-0.2, 0) is 41.6 Å². The fraction of sp³-hybridized carbons (Fsp3) is 0.317. The molecule has 4 atom stereocenters. The molecule has 5 amide bonds. The smallest absolute Gasteiger partial charge is 0.271 e. The van der Waals surface area contributed by atoms with E-state index in [1.165, 1.54) is 30.7 Å². The van der Waals surface area contributed by atoms with Gasteiger partial charge in [-0.2, -0.15) is 0 Å². The van der Waals surface area contributed by atoms with E-state index in [-0.39, 0.29) is 55.8 Å². The van der Waals surface area contributed by atoms with Crippen molar-refractivity contribution in [3.63, 3.8) is 0 Å². The van der Waals surface area contributed by atoms with Crippen LogP contribution in [0.1, 0.15) is 65.7 Å². The second-order valence-electron chi connectivity index (χ2n) is 14.4. The molecule has 4 heterocycles. The molecular weight excluding hydrogens is 784 g/mol. The van der Waals surface area contributed by atoms with Crippen molar-refractivity contribution in [3.05, 3.63) is 99.4 Å². The van der Waals surface area contributed by atoms with E-state index in [1.807, 2.05) is 30.3 Å². The SMILES string of the molecule is C=C1NC(=O)[C@@H](C)NC(=O)CCC(=O)[C@H](Cc2c[nH]c3cccc(Cl)c23)NC(=O)[C@H](Cc2c[nH]c3ccccc23)NC(=O)c2csc(n2)[C@@H](C)CC(=O)CN(C)C1=O. The number of nitrogens with one attached hydrogen (secondary N) is 6. The maximum absolute atomic E-state index is 14.4. The standard InChI is InChI=1S/C41H43ClN8O7S/c1-21-14-26(51)19-50(4)41(57)23(3)46-37(54)22(2)45-35(53)13-12-34(52)31(16-25-18-44-30-11-7-9-28(42)36(25)30)47-38(55)32(48-39(56)33-20-58-40(21)49-33)15-24-17-43-29-10-6-5-8-27(24)29/h5-11,17-18,20-22,31-32,43-44H,3,12-16,19H2,1-2,4H3,(H,45,53)(H,46,54)(H,47,55)(H,48,56)/t21-,22+,31-,32-/m0/s1. The molecule has 17 heteroatoms. The topological polar surface area (TPSA) is 215 Å². The Kier molecular flexibility index (Phi) is 12.9. The average molecular weight is 827 g/mol. The third kappa shape index (κ3) is 9.69. The zero-order chi connectivity index (χ0) is 41.7. The molecule has 58 heavy (non-hydrogen) atoms. The number of H-pyrrole nitrogens is 2. The summed E-state index contributed by atoms with van der Waals surface area (Å²) in [6, 6.07) is 9.35. The molecule has 2 bridgehead atoms. The Morgan fingerprint density at radius 2 is 1.55 bits per heavy atom. The van der Waals surface area contributed by atoms with Gasteiger partial charge in [0, 0.05) is 84.6 Å². The van der Waals surface area contributed by atoms with Crippen molar-refractivity contribution < 1.29 is 33.6 Å². The van der Waals surface area contributed by atoms with Crippen LogP contribution in [0, 0.1) is 0 Å². The monoisotopic (exact) mass is 826 g/mol. The number of carbonyl (C=O) groups excluding carboxylic acids is 7. The number of benzene rings is 2. The number of aromatic amines is 2. The summed E-state index contributed by atoms with van der Waals surface area (Å²) in [7, 11) is 1.39. The minimum atomic E-state index is -1.19. The molecule has 0 radical (unpaired) electrons. The highest BCUT2D eigenvalue weighted by Gasteiger charge is 2.31. The molecule has 1 aliphatic rings. The number of nitrogens with zero attached hydrogens (tertiary/aromatic N) is 2. The summed E-state index contributed by atoms with van der Waals surface area (Å²) < 4.78 is 0. The number of fused-ring (bicyclic) bond motifs is 4. The highest BCUT2D eigenvalue weighted by atomic mass is 35.5. The predicted octanol–water partition coefficient (Wildman–Crippen LogP) is 3.85. The number of aromatic nitrogens is 3. The number of thiazole rings is 1. The Labute approximate surface area is 342 Å². The van der Waals surface area contributed by atoms with Gasteiger partial charge in [0.05, 0.1) is 28.3 Å². The number of rotatable bonds is 4. The average Bonchev–Trinajstić information content (AvgIpc) is 3.95. The van der Waals surface area contributed by atoms with Crippen LogP contribution in [0.15, 0.2) is 72.5 Å². The van der Waals surface area contributed by atoms with Crippen LogP contribution in [0.2, 0.25) is 5.02 Å². The zero-order valence-electron chi connectivity index (χ0n) is 32.1. The number of ketones is 2. The number of para-hydroxylation sites is 1. The van der Waals surface area contributed by atoms with Gasteiger partial charge in [-0.25, -0.2) is 4.98 Å². The first-order chi connectivity index (χ1) is 27.7. The van der Waals surface area contributed by atoms with E-state index in [0.717, 1.165) is 26.9 Å². The number of halogens is 1. The van der Waals surface area contributed by atoms with E-state index in [2.05, 4.69) is 42.8 Å². The van der Waals surface area contributed by atoms with Crippen molar-refractivity contribution in [2.45, 2.75) is 70.0 Å². The summed E-state index contributed by atoms with van der Waals surface area (Å²) in [6.45, 7) is 6.52. The van der Waals surface area contributed by atoms with Crippen LogP contribution >= 0.6 is 22.9 Å². The maximum Gasteiger partial charge on any atom is 0.271 e. The lowest BCUT2D eigenvalue weighted by Crippen LogP contribution is -2.53. The van der Waals surface area contributed by atoms with Gasteiger partial charge in [0.1, 0.15) is 17.8 Å². The first-order valence-corrected chi connectivity index (χ1v) is 19.9. The molecule has 6 N–H and O–H groups in total. The second-order valence-corrected chi connectivity index (χ2v) is 15.7. The van der Waals surface area contributed by atoms with Crippen LogP contribution < -0.4 is 21.3 Å². The Morgan fingerprint density at radius 3 is 2.34 bits per heavy atom. The predicted molar refractivity (Wildman–Crippen MR) is 219 cm³/mol. The van der Waals surface area contributed by atoms with Crippen molar-refractivity contribution >= 4 is 85.8 Å². The minimum Gasteiger partial charge on any atom is -0.361 e. The van der Waals surface area contributed by atoms with Crippen LogP contribution in [0.5, 0.6) is 0 Å². The van der Waals surface area contributed by atoms with Gasteiger partial charge in [0.15, 0.2) is 11.6 Å². The summed E-state index contributed by atoms with van der Waals surface area (Å²) in [5.41, 5.74) is 2.67. The second kappa shape index (κ2) is 18.0. The first-order valence-electron chi connectivity index (χ1n) is 18.6. The van der Waals surface area contributed by atoms with Crippen LogP contribution in [0.25, 0.3) is 21.8 Å². The van der Waals surface area contributed by atoms with E-state index < -0.39 is 59.4 Å². The molecule has 302 valence electrons. The molecule has 2 aromatic carbocycles. The number of hydrogen-bond acceptors (Lipinski definition) is 9. The fourth-order valence-electron chi connectivity index (χ4n) is 6.85. The van der Waals surface area contributed by atoms with Crippen molar-refractivity contribution in [3.8, 4) is 0 Å². The quantitative estimate of drug-likeness (QED) is 0.146. The molecule has 0 saturated carbocycles. The fourth-order valence-corrected chi connectivity index (χ4v) is 8.00. The van der Waals surface area contributed by atoms with Gasteiger partial charge in [-0.1, -0.05) is 49.4 Å². The summed E-state index contributed by atoms with van der Waals surface area (Å²) in [6.07, 6.45) is 2.85. The molecule has 5 aromatic rings. The van der Waals surface area contributed by atoms with Gasteiger partial charge in [0.2, 0.25) is 17.7 Å². The van der Waals surface area contributed by atoms with Crippen molar-refractivity contribution in [2.75, 3.05) is 13.6 Å². The molecular formula is C41H43ClN8O7S. The maximum atomic E-state index is 14.4. The lowest BCUT2D eigenvalue weighted by atomic mass is 9.97. The van der Waals surface area contributed by atoms with E-state index in [1.54, 1.807) is 31.5 Å². The summed E-state index contributed by atoms with van der Waals surface area (Å²) in [5.74, 6) is -4.56. The van der Waals surface area contributed by atoms with Crippen molar-refractivity contribution in [1.82, 2.24) is 41.1 Å². The lowest BCUT2D eigenvalue weighted by molar-refractivity contribution is -0.133. The van der Waals surface area contributed by atoms with Crippen LogP contribution in [0.3, 0.4) is 0 Å². The summed E-state index contributed by atoms with van der Waals surface area (Å²) >= 11 is 7.75. The van der Waals surface area contributed by atoms with Crippen LogP contribution in [-0.4, -0.2) is 92.7 Å². The molecule has 0 spiro atoms. The lowest BCUT2D eigenvalue weighted by Gasteiger charge is -2.23.